The molecule has 1 fully saturated rings. The zero-order valence-electron chi connectivity index (χ0n) is 20.5. The van der Waals surface area contributed by atoms with Gasteiger partial charge in [-0.25, -0.2) is 18.6 Å². The van der Waals surface area contributed by atoms with Crippen molar-refractivity contribution in [3.8, 4) is 0 Å². The van der Waals surface area contributed by atoms with Gasteiger partial charge >= 0.3 is 11.9 Å². The number of amidine groups is 1. The quantitative estimate of drug-likeness (QED) is 0.398. The highest BCUT2D eigenvalue weighted by atomic mass is 35.5. The number of hydrogen-bond donors (Lipinski definition) is 2. The fourth-order valence-corrected chi connectivity index (χ4v) is 6.31. The van der Waals surface area contributed by atoms with Gasteiger partial charge < -0.3 is 15.2 Å². The van der Waals surface area contributed by atoms with Crippen molar-refractivity contribution < 1.29 is 28.2 Å². The van der Waals surface area contributed by atoms with Crippen LogP contribution in [0.2, 0.25) is 5.02 Å². The SMILES string of the molecule is CCOC(=O)C1=C(CN2CC(F)CC(CSCC(=O)O)C2)NC(c2nccs2)=N[C@H]1c1ccc(F)cc1Cl. The minimum atomic E-state index is -1.09. The van der Waals surface area contributed by atoms with Crippen LogP contribution in [0.25, 0.3) is 0 Å². The van der Waals surface area contributed by atoms with Gasteiger partial charge in [-0.2, -0.15) is 0 Å². The molecule has 1 saturated heterocycles. The topological polar surface area (TPSA) is 104 Å². The van der Waals surface area contributed by atoms with Gasteiger partial charge in [0.1, 0.15) is 18.0 Å². The maximum atomic E-state index is 14.8. The summed E-state index contributed by atoms with van der Waals surface area (Å²) in [6.07, 6.45) is 0.885. The molecule has 13 heteroatoms. The Hall–Kier alpha value is -2.54. The molecule has 2 N–H and O–H groups in total. The second kappa shape index (κ2) is 13.0. The smallest absolute Gasteiger partial charge is 0.338 e. The highest BCUT2D eigenvalue weighted by molar-refractivity contribution is 7.99. The summed E-state index contributed by atoms with van der Waals surface area (Å²) in [4.78, 5) is 35.1. The summed E-state index contributed by atoms with van der Waals surface area (Å²) in [5.74, 6) is -1.20. The van der Waals surface area contributed by atoms with Gasteiger partial charge in [0.15, 0.2) is 10.8 Å². The summed E-state index contributed by atoms with van der Waals surface area (Å²) in [5, 5.41) is 14.6. The molecule has 1 aromatic carbocycles. The van der Waals surface area contributed by atoms with Crippen LogP contribution >= 0.6 is 34.7 Å². The van der Waals surface area contributed by atoms with Crippen LogP contribution in [0, 0.1) is 11.7 Å². The lowest BCUT2D eigenvalue weighted by Gasteiger charge is -2.36. The van der Waals surface area contributed by atoms with E-state index in [1.54, 1.807) is 18.5 Å². The molecule has 0 aliphatic carbocycles. The van der Waals surface area contributed by atoms with E-state index in [-0.39, 0.29) is 42.0 Å². The Labute approximate surface area is 232 Å². The minimum Gasteiger partial charge on any atom is -0.481 e. The van der Waals surface area contributed by atoms with E-state index >= 15 is 0 Å². The second-order valence-electron chi connectivity index (χ2n) is 8.92. The van der Waals surface area contributed by atoms with Crippen LogP contribution in [0.1, 0.15) is 30.0 Å². The molecular formula is C25H27ClF2N4O4S2. The highest BCUT2D eigenvalue weighted by Gasteiger charge is 2.36. The molecule has 1 aromatic heterocycles. The third-order valence-corrected chi connectivity index (χ3v) is 8.30. The number of nitrogens with one attached hydrogen (secondary N) is 1. The molecule has 0 spiro atoms. The monoisotopic (exact) mass is 584 g/mol. The molecule has 3 atom stereocenters. The summed E-state index contributed by atoms with van der Waals surface area (Å²) in [7, 11) is 0. The fraction of sp³-hybridized carbons (Fsp3) is 0.440. The molecule has 0 amide bonds. The highest BCUT2D eigenvalue weighted by Crippen LogP contribution is 2.37. The summed E-state index contributed by atoms with van der Waals surface area (Å²) >= 11 is 9.03. The molecule has 0 bridgehead atoms. The third-order valence-electron chi connectivity index (χ3n) is 6.04. The summed E-state index contributed by atoms with van der Waals surface area (Å²) < 4.78 is 34.0. The lowest BCUT2D eigenvalue weighted by Crippen LogP contribution is -2.46. The number of esters is 1. The van der Waals surface area contributed by atoms with Gasteiger partial charge in [0.05, 0.1) is 17.9 Å². The summed E-state index contributed by atoms with van der Waals surface area (Å²) in [6, 6.07) is 3.01. The van der Waals surface area contributed by atoms with Gasteiger partial charge in [0.25, 0.3) is 0 Å². The van der Waals surface area contributed by atoms with E-state index in [1.165, 1.54) is 35.2 Å². The number of hydrogen-bond acceptors (Lipinski definition) is 9. The van der Waals surface area contributed by atoms with E-state index in [4.69, 9.17) is 26.4 Å². The number of thiazole rings is 1. The number of aliphatic imine (C=N–C) groups is 1. The van der Waals surface area contributed by atoms with Crippen molar-refractivity contribution >= 4 is 52.5 Å². The Bertz CT molecular complexity index is 1230. The van der Waals surface area contributed by atoms with Gasteiger partial charge in [0.2, 0.25) is 0 Å². The van der Waals surface area contributed by atoms with Gasteiger partial charge in [0, 0.05) is 47.5 Å². The molecule has 0 saturated carbocycles. The van der Waals surface area contributed by atoms with Crippen molar-refractivity contribution in [2.24, 2.45) is 10.9 Å². The molecular weight excluding hydrogens is 558 g/mol. The Morgan fingerprint density at radius 1 is 1.37 bits per heavy atom. The Kier molecular flexibility index (Phi) is 9.74. The minimum absolute atomic E-state index is 0.0408. The lowest BCUT2D eigenvalue weighted by atomic mass is 9.94. The first-order valence-corrected chi connectivity index (χ1v) is 14.4. The number of thioether (sulfide) groups is 1. The van der Waals surface area contributed by atoms with Crippen LogP contribution in [-0.2, 0) is 14.3 Å². The van der Waals surface area contributed by atoms with Gasteiger partial charge in [-0.15, -0.1) is 23.1 Å². The van der Waals surface area contributed by atoms with Crippen LogP contribution in [-0.4, -0.2) is 76.7 Å². The summed E-state index contributed by atoms with van der Waals surface area (Å²) in [5.41, 5.74) is 1.10. The van der Waals surface area contributed by atoms with Crippen molar-refractivity contribution in [2.75, 3.05) is 37.7 Å². The lowest BCUT2D eigenvalue weighted by molar-refractivity contribution is -0.139. The normalized spacial score (nSPS) is 22.1. The maximum Gasteiger partial charge on any atom is 0.338 e. The molecule has 8 nitrogen and oxygen atoms in total. The van der Waals surface area contributed by atoms with Gasteiger partial charge in [-0.3, -0.25) is 14.7 Å². The molecule has 0 radical (unpaired) electrons. The number of rotatable bonds is 10. The number of halogens is 3. The number of aromatic nitrogens is 1. The average Bonchev–Trinajstić information content (AvgIpc) is 3.38. The maximum absolute atomic E-state index is 14.8. The van der Waals surface area contributed by atoms with Crippen LogP contribution in [0.3, 0.4) is 0 Å². The first kappa shape index (κ1) is 28.5. The van der Waals surface area contributed by atoms with Crippen LogP contribution in [0.5, 0.6) is 0 Å². The standard InChI is InChI=1S/C25H27ClF2N4O4S2/c1-2-36-25(35)21-19(11-32-9-14(7-16(28)10-32)12-37-13-20(33)34)30-23(24-29-5-6-38-24)31-22(21)17-4-3-15(27)8-18(17)26/h3-6,8,14,16,22H,2,7,9-13H2,1H3,(H,30,31)(H,33,34)/t14?,16?,22-/m0/s1. The second-order valence-corrected chi connectivity index (χ2v) is 11.3. The zero-order chi connectivity index (χ0) is 27.2. The number of aliphatic carboxylic acids is 1. The van der Waals surface area contributed by atoms with E-state index in [0.29, 0.717) is 40.8 Å². The number of carboxylic acid groups (broad SMARTS) is 1. The molecule has 2 unspecified atom stereocenters. The Balaban J connectivity index is 1.70. The fourth-order valence-electron chi connectivity index (χ4n) is 4.58. The average molecular weight is 585 g/mol. The van der Waals surface area contributed by atoms with Crippen molar-refractivity contribution in [1.29, 1.82) is 0 Å². The molecule has 204 valence electrons. The van der Waals surface area contributed by atoms with Crippen LogP contribution in [0.15, 0.2) is 46.0 Å². The Morgan fingerprint density at radius 2 is 2.18 bits per heavy atom. The van der Waals surface area contributed by atoms with E-state index in [0.717, 1.165) is 6.07 Å². The number of piperidine rings is 1. The van der Waals surface area contributed by atoms with E-state index in [9.17, 15) is 18.4 Å². The largest absolute Gasteiger partial charge is 0.481 e. The van der Waals surface area contributed by atoms with E-state index in [2.05, 4.69) is 10.3 Å². The summed E-state index contributed by atoms with van der Waals surface area (Å²) in [6.45, 7) is 2.69. The predicted octanol–water partition coefficient (Wildman–Crippen LogP) is 4.32. The zero-order valence-corrected chi connectivity index (χ0v) is 22.9. The van der Waals surface area contributed by atoms with Crippen molar-refractivity contribution in [3.05, 3.63) is 62.5 Å². The number of carbonyl (C=O) groups is 2. The molecule has 2 aliphatic heterocycles. The van der Waals surface area contributed by atoms with Crippen molar-refractivity contribution in [1.82, 2.24) is 15.2 Å². The predicted molar refractivity (Wildman–Crippen MR) is 144 cm³/mol. The molecule has 2 aromatic rings. The van der Waals surface area contributed by atoms with Gasteiger partial charge in [-0.1, -0.05) is 17.7 Å². The van der Waals surface area contributed by atoms with Crippen molar-refractivity contribution in [3.63, 3.8) is 0 Å². The Morgan fingerprint density at radius 3 is 2.87 bits per heavy atom. The first-order chi connectivity index (χ1) is 18.2. The number of nitrogens with zero attached hydrogens (tertiary/aromatic N) is 3. The van der Waals surface area contributed by atoms with Crippen LogP contribution in [0.4, 0.5) is 8.78 Å². The van der Waals surface area contributed by atoms with Crippen molar-refractivity contribution in [2.45, 2.75) is 25.6 Å². The number of benzene rings is 1. The number of alkyl halides is 1. The first-order valence-electron chi connectivity index (χ1n) is 12.0. The third kappa shape index (κ3) is 7.10. The number of carboxylic acids is 1. The molecule has 2 aliphatic rings. The van der Waals surface area contributed by atoms with E-state index < -0.39 is 30.0 Å². The number of likely N-dealkylation sites (tertiary alicyclic amines) is 1. The van der Waals surface area contributed by atoms with E-state index in [1.807, 2.05) is 4.90 Å². The molecule has 4 rings (SSSR count). The van der Waals surface area contributed by atoms with Gasteiger partial charge in [-0.05, 0) is 37.1 Å². The number of ether oxygens (including phenoxy) is 1. The molecule has 3 heterocycles. The van der Waals surface area contributed by atoms with Crippen LogP contribution < -0.4 is 5.32 Å². The molecule has 38 heavy (non-hydrogen) atoms. The number of carbonyl (C=O) groups excluding carboxylic acids is 1.